The van der Waals surface area contributed by atoms with Gasteiger partial charge in [0.2, 0.25) is 0 Å². The number of methoxy groups -OCH3 is 1. The van der Waals surface area contributed by atoms with Crippen molar-refractivity contribution in [1.29, 1.82) is 0 Å². The molecule has 0 heterocycles. The summed E-state index contributed by atoms with van der Waals surface area (Å²) in [6, 6.07) is 13.2. The van der Waals surface area contributed by atoms with Crippen molar-refractivity contribution in [3.05, 3.63) is 66.2 Å². The maximum atomic E-state index is 9.96. The summed E-state index contributed by atoms with van der Waals surface area (Å²) >= 11 is 0. The predicted octanol–water partition coefficient (Wildman–Crippen LogP) is 3.71. The minimum absolute atomic E-state index is 0.189. The number of allylic oxidation sites excluding steroid dienone is 1. The number of phenolic OH excluding ortho intramolecular Hbond substituents is 1. The minimum atomic E-state index is 0.189. The molecule has 0 aromatic heterocycles. The summed E-state index contributed by atoms with van der Waals surface area (Å²) in [5.74, 6) is 1.36. The Hall–Kier alpha value is -2.42. The van der Waals surface area contributed by atoms with E-state index in [9.17, 15) is 5.11 Å². The molecule has 0 radical (unpaired) electrons. The van der Waals surface area contributed by atoms with E-state index in [2.05, 4.69) is 6.58 Å². The summed E-state index contributed by atoms with van der Waals surface area (Å²) in [6.07, 6.45) is 2.25. The zero-order valence-corrected chi connectivity index (χ0v) is 11.5. The van der Waals surface area contributed by atoms with Gasteiger partial charge in [-0.2, -0.15) is 0 Å². The zero-order chi connectivity index (χ0) is 14.4. The molecule has 0 aliphatic heterocycles. The number of aromatic hydroxyl groups is 1. The van der Waals surface area contributed by atoms with Crippen LogP contribution in [0.3, 0.4) is 0 Å². The van der Waals surface area contributed by atoms with Crippen molar-refractivity contribution in [1.82, 2.24) is 0 Å². The summed E-state index contributed by atoms with van der Waals surface area (Å²) < 4.78 is 11.2. The Balaban J connectivity index is 2.28. The van der Waals surface area contributed by atoms with Gasteiger partial charge in [0, 0.05) is 5.56 Å². The van der Waals surface area contributed by atoms with E-state index in [0.29, 0.717) is 30.1 Å². The number of phenols is 1. The van der Waals surface area contributed by atoms with Crippen molar-refractivity contribution in [2.24, 2.45) is 0 Å². The van der Waals surface area contributed by atoms with Crippen molar-refractivity contribution in [3.63, 3.8) is 0 Å². The molecule has 2 aromatic carbocycles. The van der Waals surface area contributed by atoms with Crippen LogP contribution in [-0.2, 0) is 13.0 Å². The fourth-order valence-electron chi connectivity index (χ4n) is 1.99. The van der Waals surface area contributed by atoms with Gasteiger partial charge in [0.15, 0.2) is 11.5 Å². The topological polar surface area (TPSA) is 38.7 Å². The molecule has 3 nitrogen and oxygen atoms in total. The zero-order valence-electron chi connectivity index (χ0n) is 11.5. The Morgan fingerprint density at radius 3 is 2.55 bits per heavy atom. The molecular formula is C17H18O3. The van der Waals surface area contributed by atoms with Gasteiger partial charge in [-0.15, -0.1) is 6.58 Å². The van der Waals surface area contributed by atoms with E-state index in [1.54, 1.807) is 25.3 Å². The highest BCUT2D eigenvalue weighted by molar-refractivity contribution is 5.54. The molecule has 20 heavy (non-hydrogen) atoms. The first-order valence-corrected chi connectivity index (χ1v) is 6.42. The number of hydrogen-bond donors (Lipinski definition) is 1. The Morgan fingerprint density at radius 2 is 1.90 bits per heavy atom. The van der Waals surface area contributed by atoms with Gasteiger partial charge in [-0.3, -0.25) is 0 Å². The first-order valence-electron chi connectivity index (χ1n) is 6.42. The fraction of sp³-hybridized carbons (Fsp3) is 0.176. The molecule has 0 aliphatic rings. The molecular weight excluding hydrogens is 252 g/mol. The summed E-state index contributed by atoms with van der Waals surface area (Å²) in [7, 11) is 1.58. The fourth-order valence-corrected chi connectivity index (χ4v) is 1.99. The number of rotatable bonds is 6. The molecule has 0 saturated heterocycles. The van der Waals surface area contributed by atoms with Crippen LogP contribution < -0.4 is 9.47 Å². The third-order valence-corrected chi connectivity index (χ3v) is 2.99. The van der Waals surface area contributed by atoms with Crippen molar-refractivity contribution in [2.75, 3.05) is 7.11 Å². The van der Waals surface area contributed by atoms with Crippen LogP contribution in [0.2, 0.25) is 0 Å². The molecule has 0 atom stereocenters. The van der Waals surface area contributed by atoms with E-state index in [1.165, 1.54) is 0 Å². The average Bonchev–Trinajstić information content (AvgIpc) is 2.49. The lowest BCUT2D eigenvalue weighted by Gasteiger charge is -2.15. The second-order valence-electron chi connectivity index (χ2n) is 4.36. The van der Waals surface area contributed by atoms with Crippen LogP contribution in [0.5, 0.6) is 17.2 Å². The van der Waals surface area contributed by atoms with Crippen LogP contribution in [0.15, 0.2) is 55.1 Å². The summed E-state index contributed by atoms with van der Waals surface area (Å²) in [5.41, 5.74) is 1.75. The number of hydrogen-bond acceptors (Lipinski definition) is 3. The number of benzene rings is 2. The standard InChI is InChI=1S/C17H18O3/c1-3-7-14-15(18)10-11-16(19-2)17(14)20-12-13-8-5-4-6-9-13/h3-6,8-11,18H,1,7,12H2,2H3. The lowest BCUT2D eigenvalue weighted by atomic mass is 10.1. The van der Waals surface area contributed by atoms with E-state index in [1.807, 2.05) is 30.3 Å². The van der Waals surface area contributed by atoms with Crippen molar-refractivity contribution in [3.8, 4) is 17.2 Å². The number of ether oxygens (including phenoxy) is 2. The lowest BCUT2D eigenvalue weighted by Crippen LogP contribution is -2.01. The Kier molecular flexibility index (Phi) is 4.66. The molecule has 0 aliphatic carbocycles. The average molecular weight is 270 g/mol. The Bertz CT molecular complexity index is 576. The van der Waals surface area contributed by atoms with Gasteiger partial charge in [-0.05, 0) is 24.1 Å². The van der Waals surface area contributed by atoms with Gasteiger partial charge in [0.25, 0.3) is 0 Å². The van der Waals surface area contributed by atoms with Crippen molar-refractivity contribution >= 4 is 0 Å². The van der Waals surface area contributed by atoms with Crippen LogP contribution >= 0.6 is 0 Å². The van der Waals surface area contributed by atoms with E-state index in [-0.39, 0.29) is 5.75 Å². The summed E-state index contributed by atoms with van der Waals surface area (Å²) in [4.78, 5) is 0. The van der Waals surface area contributed by atoms with Gasteiger partial charge < -0.3 is 14.6 Å². The largest absolute Gasteiger partial charge is 0.508 e. The van der Waals surface area contributed by atoms with Gasteiger partial charge in [0.1, 0.15) is 12.4 Å². The molecule has 0 amide bonds. The quantitative estimate of drug-likeness (QED) is 0.813. The Morgan fingerprint density at radius 1 is 1.15 bits per heavy atom. The van der Waals surface area contributed by atoms with Gasteiger partial charge in [-0.1, -0.05) is 36.4 Å². The molecule has 2 rings (SSSR count). The summed E-state index contributed by atoms with van der Waals surface area (Å²) in [6.45, 7) is 4.13. The third-order valence-electron chi connectivity index (χ3n) is 2.99. The molecule has 0 fully saturated rings. The van der Waals surface area contributed by atoms with Crippen LogP contribution in [0, 0.1) is 0 Å². The van der Waals surface area contributed by atoms with E-state index in [4.69, 9.17) is 9.47 Å². The first kappa shape index (κ1) is 14.0. The van der Waals surface area contributed by atoms with Crippen molar-refractivity contribution in [2.45, 2.75) is 13.0 Å². The molecule has 1 N–H and O–H groups in total. The van der Waals surface area contributed by atoms with Gasteiger partial charge in [0.05, 0.1) is 7.11 Å². The van der Waals surface area contributed by atoms with Crippen LogP contribution in [0.25, 0.3) is 0 Å². The maximum absolute atomic E-state index is 9.96. The SMILES string of the molecule is C=CCc1c(O)ccc(OC)c1OCc1ccccc1. The highest BCUT2D eigenvalue weighted by Crippen LogP contribution is 2.37. The monoisotopic (exact) mass is 270 g/mol. The smallest absolute Gasteiger partial charge is 0.168 e. The van der Waals surface area contributed by atoms with E-state index >= 15 is 0 Å². The molecule has 3 heteroatoms. The lowest BCUT2D eigenvalue weighted by molar-refractivity contribution is 0.279. The van der Waals surface area contributed by atoms with Crippen molar-refractivity contribution < 1.29 is 14.6 Å². The summed E-state index contributed by atoms with van der Waals surface area (Å²) in [5, 5.41) is 9.96. The second-order valence-corrected chi connectivity index (χ2v) is 4.36. The highest BCUT2D eigenvalue weighted by atomic mass is 16.5. The van der Waals surface area contributed by atoms with E-state index in [0.717, 1.165) is 5.56 Å². The molecule has 0 unspecified atom stereocenters. The van der Waals surface area contributed by atoms with Gasteiger partial charge >= 0.3 is 0 Å². The van der Waals surface area contributed by atoms with Crippen LogP contribution in [-0.4, -0.2) is 12.2 Å². The third kappa shape index (κ3) is 3.12. The Labute approximate surface area is 119 Å². The molecule has 0 bridgehead atoms. The highest BCUT2D eigenvalue weighted by Gasteiger charge is 2.14. The second kappa shape index (κ2) is 6.66. The van der Waals surface area contributed by atoms with E-state index < -0.39 is 0 Å². The molecule has 0 saturated carbocycles. The molecule has 104 valence electrons. The van der Waals surface area contributed by atoms with Crippen LogP contribution in [0.1, 0.15) is 11.1 Å². The normalized spacial score (nSPS) is 10.1. The molecule has 2 aromatic rings. The van der Waals surface area contributed by atoms with Gasteiger partial charge in [-0.25, -0.2) is 0 Å². The molecule has 0 spiro atoms. The first-order chi connectivity index (χ1) is 9.76. The minimum Gasteiger partial charge on any atom is -0.508 e. The van der Waals surface area contributed by atoms with Crippen LogP contribution in [0.4, 0.5) is 0 Å². The predicted molar refractivity (Wildman–Crippen MR) is 79.3 cm³/mol. The maximum Gasteiger partial charge on any atom is 0.168 e.